The number of hydrogen-bond acceptors (Lipinski definition) is 3. The highest BCUT2D eigenvalue weighted by atomic mass is 35.5. The van der Waals surface area contributed by atoms with E-state index in [4.69, 9.17) is 11.6 Å². The van der Waals surface area contributed by atoms with E-state index in [0.717, 1.165) is 17.0 Å². The van der Waals surface area contributed by atoms with E-state index < -0.39 is 0 Å². The predicted molar refractivity (Wildman–Crippen MR) is 60.1 cm³/mol. The minimum atomic E-state index is 0.270. The lowest BCUT2D eigenvalue weighted by molar-refractivity contribution is 0.750. The zero-order valence-electron chi connectivity index (χ0n) is 9.24. The fraction of sp³-hybridized carbons (Fsp3) is 0.500. The Balaban J connectivity index is 2.79. The molecule has 0 bridgehead atoms. The maximum absolute atomic E-state index is 6.06. The fourth-order valence-corrected chi connectivity index (χ4v) is 1.63. The van der Waals surface area contributed by atoms with E-state index in [1.807, 2.05) is 27.8 Å². The van der Waals surface area contributed by atoms with Crippen LogP contribution in [0.25, 0.3) is 11.0 Å². The van der Waals surface area contributed by atoms with Gasteiger partial charge < -0.3 is 0 Å². The van der Waals surface area contributed by atoms with Gasteiger partial charge in [0.05, 0.1) is 5.69 Å². The molecule has 2 aromatic heterocycles. The summed E-state index contributed by atoms with van der Waals surface area (Å²) in [4.78, 5) is 8.71. The lowest BCUT2D eigenvalue weighted by atomic mass is 10.2. The Kier molecular flexibility index (Phi) is 2.38. The molecule has 0 atom stereocenters. The summed E-state index contributed by atoms with van der Waals surface area (Å²) < 4.78 is 1.77. The quantitative estimate of drug-likeness (QED) is 0.699. The lowest BCUT2D eigenvalue weighted by Gasteiger charge is -2.03. The third-order valence-corrected chi connectivity index (χ3v) is 2.72. The van der Waals surface area contributed by atoms with Crippen LogP contribution in [0.1, 0.15) is 31.3 Å². The van der Waals surface area contributed by atoms with Crippen LogP contribution in [-0.4, -0.2) is 19.7 Å². The second kappa shape index (κ2) is 3.45. The van der Waals surface area contributed by atoms with E-state index in [2.05, 4.69) is 15.1 Å². The SMILES string of the molecule is Cc1c2nc(C(C)C)nc(Cl)c2nn1C. The number of halogens is 1. The molecule has 0 saturated heterocycles. The zero-order valence-corrected chi connectivity index (χ0v) is 10.0. The van der Waals surface area contributed by atoms with E-state index >= 15 is 0 Å². The van der Waals surface area contributed by atoms with Gasteiger partial charge in [-0.25, -0.2) is 9.97 Å². The molecular formula is C10H13ClN4. The Hall–Kier alpha value is -1.16. The molecule has 2 aromatic rings. The predicted octanol–water partition coefficient (Wildman–Crippen LogP) is 2.45. The van der Waals surface area contributed by atoms with Crippen molar-refractivity contribution in [2.24, 2.45) is 7.05 Å². The van der Waals surface area contributed by atoms with Gasteiger partial charge in [-0.15, -0.1) is 0 Å². The van der Waals surface area contributed by atoms with Crippen LogP contribution >= 0.6 is 11.6 Å². The summed E-state index contributed by atoms with van der Waals surface area (Å²) in [7, 11) is 1.88. The van der Waals surface area contributed by atoms with Crippen molar-refractivity contribution in [3.05, 3.63) is 16.7 Å². The second-order valence-electron chi connectivity index (χ2n) is 3.93. The first kappa shape index (κ1) is 10.4. The van der Waals surface area contributed by atoms with Crippen LogP contribution in [0.3, 0.4) is 0 Å². The molecule has 0 fully saturated rings. The van der Waals surface area contributed by atoms with Gasteiger partial charge in [-0.2, -0.15) is 5.10 Å². The van der Waals surface area contributed by atoms with Gasteiger partial charge in [0.25, 0.3) is 0 Å². The van der Waals surface area contributed by atoms with Crippen LogP contribution in [0.15, 0.2) is 0 Å². The van der Waals surface area contributed by atoms with Gasteiger partial charge in [0.15, 0.2) is 5.15 Å². The smallest absolute Gasteiger partial charge is 0.160 e. The van der Waals surface area contributed by atoms with Gasteiger partial charge in [0.2, 0.25) is 0 Å². The van der Waals surface area contributed by atoms with Crippen LogP contribution in [0.2, 0.25) is 5.15 Å². The average Bonchev–Trinajstić information content (AvgIpc) is 2.45. The Morgan fingerprint density at radius 2 is 1.87 bits per heavy atom. The van der Waals surface area contributed by atoms with Crippen LogP contribution in [0.5, 0.6) is 0 Å². The van der Waals surface area contributed by atoms with Crippen molar-refractivity contribution < 1.29 is 0 Å². The molecule has 2 heterocycles. The highest BCUT2D eigenvalue weighted by molar-refractivity contribution is 6.33. The fourth-order valence-electron chi connectivity index (χ4n) is 1.42. The van der Waals surface area contributed by atoms with Gasteiger partial charge in [-0.05, 0) is 6.92 Å². The number of nitrogens with zero attached hydrogens (tertiary/aromatic N) is 4. The Labute approximate surface area is 93.3 Å². The van der Waals surface area contributed by atoms with Crippen LogP contribution < -0.4 is 0 Å². The van der Waals surface area contributed by atoms with Crippen molar-refractivity contribution in [1.82, 2.24) is 19.7 Å². The van der Waals surface area contributed by atoms with E-state index in [0.29, 0.717) is 10.7 Å². The van der Waals surface area contributed by atoms with Gasteiger partial charge in [-0.3, -0.25) is 4.68 Å². The van der Waals surface area contributed by atoms with Gasteiger partial charge in [0.1, 0.15) is 16.9 Å². The summed E-state index contributed by atoms with van der Waals surface area (Å²) in [6.45, 7) is 6.06. The van der Waals surface area contributed by atoms with E-state index in [9.17, 15) is 0 Å². The largest absolute Gasteiger partial charge is 0.270 e. The second-order valence-corrected chi connectivity index (χ2v) is 4.29. The molecular weight excluding hydrogens is 212 g/mol. The van der Waals surface area contributed by atoms with E-state index in [-0.39, 0.29) is 5.92 Å². The number of rotatable bonds is 1. The minimum absolute atomic E-state index is 0.270. The van der Waals surface area contributed by atoms with Gasteiger partial charge in [0, 0.05) is 13.0 Å². The summed E-state index contributed by atoms with van der Waals surface area (Å²) in [5, 5.41) is 4.71. The molecule has 0 spiro atoms. The summed E-state index contributed by atoms with van der Waals surface area (Å²) in [5.41, 5.74) is 2.54. The van der Waals surface area contributed by atoms with Crippen molar-refractivity contribution in [1.29, 1.82) is 0 Å². The molecule has 0 N–H and O–H groups in total. The summed E-state index contributed by atoms with van der Waals surface area (Å²) in [6, 6.07) is 0. The van der Waals surface area contributed by atoms with Crippen LogP contribution in [0.4, 0.5) is 0 Å². The molecule has 0 amide bonds. The topological polar surface area (TPSA) is 43.6 Å². The number of fused-ring (bicyclic) bond motifs is 1. The highest BCUT2D eigenvalue weighted by Gasteiger charge is 2.14. The Morgan fingerprint density at radius 1 is 1.20 bits per heavy atom. The summed E-state index contributed by atoms with van der Waals surface area (Å²) in [6.07, 6.45) is 0. The van der Waals surface area contributed by atoms with E-state index in [1.54, 1.807) is 4.68 Å². The highest BCUT2D eigenvalue weighted by Crippen LogP contribution is 2.23. The first-order valence-electron chi connectivity index (χ1n) is 4.87. The standard InChI is InChI=1S/C10H13ClN4/c1-5(2)10-12-7-6(3)15(4)14-8(7)9(11)13-10/h5H,1-4H3. The van der Waals surface area contributed by atoms with Crippen molar-refractivity contribution in [3.8, 4) is 0 Å². The molecule has 0 aliphatic heterocycles. The van der Waals surface area contributed by atoms with E-state index in [1.165, 1.54) is 0 Å². The zero-order chi connectivity index (χ0) is 11.2. The molecule has 80 valence electrons. The number of hydrogen-bond donors (Lipinski definition) is 0. The molecule has 0 aromatic carbocycles. The van der Waals surface area contributed by atoms with Crippen molar-refractivity contribution in [2.45, 2.75) is 26.7 Å². The normalized spacial score (nSPS) is 11.6. The average molecular weight is 225 g/mol. The van der Waals surface area contributed by atoms with Crippen molar-refractivity contribution in [2.75, 3.05) is 0 Å². The van der Waals surface area contributed by atoms with Crippen molar-refractivity contribution in [3.63, 3.8) is 0 Å². The first-order valence-corrected chi connectivity index (χ1v) is 5.25. The monoisotopic (exact) mass is 224 g/mol. The number of aryl methyl sites for hydroxylation is 2. The molecule has 0 saturated carbocycles. The lowest BCUT2D eigenvalue weighted by Crippen LogP contribution is -1.98. The molecule has 15 heavy (non-hydrogen) atoms. The summed E-state index contributed by atoms with van der Waals surface area (Å²) >= 11 is 6.06. The summed E-state index contributed by atoms with van der Waals surface area (Å²) in [5.74, 6) is 1.04. The van der Waals surface area contributed by atoms with Crippen LogP contribution in [-0.2, 0) is 7.05 Å². The number of aromatic nitrogens is 4. The maximum atomic E-state index is 6.06. The molecule has 5 heteroatoms. The molecule has 0 aliphatic rings. The Morgan fingerprint density at radius 3 is 2.47 bits per heavy atom. The molecule has 0 radical (unpaired) electrons. The third-order valence-electron chi connectivity index (χ3n) is 2.45. The third kappa shape index (κ3) is 1.59. The first-order chi connectivity index (χ1) is 7.00. The van der Waals surface area contributed by atoms with Gasteiger partial charge >= 0.3 is 0 Å². The molecule has 0 aliphatic carbocycles. The molecule has 4 nitrogen and oxygen atoms in total. The molecule has 0 unspecified atom stereocenters. The minimum Gasteiger partial charge on any atom is -0.270 e. The maximum Gasteiger partial charge on any atom is 0.160 e. The Bertz CT molecular complexity index is 516. The van der Waals surface area contributed by atoms with Crippen LogP contribution in [0, 0.1) is 6.92 Å². The van der Waals surface area contributed by atoms with Gasteiger partial charge in [-0.1, -0.05) is 25.4 Å². The van der Waals surface area contributed by atoms with Crippen molar-refractivity contribution >= 4 is 22.6 Å². The molecule has 2 rings (SSSR count).